The van der Waals surface area contributed by atoms with Crippen molar-refractivity contribution in [3.63, 3.8) is 0 Å². The third-order valence-corrected chi connectivity index (χ3v) is 22.6. The zero-order valence-electron chi connectivity index (χ0n) is 62.3. The number of hydrogen-bond acceptors (Lipinski definition) is 13. The maximum absolute atomic E-state index is 15.7. The number of aryl methyl sites for hydroxylation is 1. The summed E-state index contributed by atoms with van der Waals surface area (Å²) in [6, 6.07) is -9.14. The molecule has 3 aliphatic carbocycles. The average molecular weight is 1440 g/mol. The van der Waals surface area contributed by atoms with Gasteiger partial charge in [-0.2, -0.15) is 13.2 Å². The smallest absolute Gasteiger partial charge is 0.377 e. The minimum atomic E-state index is -5.02. The van der Waals surface area contributed by atoms with E-state index < -0.39 is 179 Å². The van der Waals surface area contributed by atoms with Gasteiger partial charge in [-0.1, -0.05) is 98.0 Å². The van der Waals surface area contributed by atoms with Gasteiger partial charge in [0, 0.05) is 82.5 Å². The Kier molecular flexibility index (Phi) is 28.4. The predicted octanol–water partition coefficient (Wildman–Crippen LogP) is 5.14. The monoisotopic (exact) mass is 1440 g/mol. The van der Waals surface area contributed by atoms with E-state index in [0.29, 0.717) is 57.1 Å². The number of carbonyl (C=O) groups excluding carboxylic acids is 12. The zero-order chi connectivity index (χ0) is 75.6. The second-order valence-corrected chi connectivity index (χ2v) is 30.3. The SMILES string of the molecule is CCO[C@@H]1C[C@H]2C(=O)NC3(CCCC3)C(=O)N(C)[C@@H](C3CCCC3)C(=O)N(C)[C@H](C(=O)N(C)C)CC(=O)N(C)[C@@H](CC(C)C)C(=O)N[C@@H]([C@@H](C)CC)C(=O)N(C)[C@@H](C)C(=O)N3CC[C@H]3C(=O)N(C)[C@@H](CC3CCCCC3)C(=O)N(C)CC(=O)N[C@@H](CCc3ccc(C(F)(F)F)c(F)c3)C(=O)N2C1. The van der Waals surface area contributed by atoms with Crippen molar-refractivity contribution in [3.05, 3.63) is 35.1 Å². The van der Waals surface area contributed by atoms with Crippen LogP contribution in [0.5, 0.6) is 0 Å². The number of carbonyl (C=O) groups is 12. The Morgan fingerprint density at radius 2 is 1.33 bits per heavy atom. The van der Waals surface area contributed by atoms with E-state index in [2.05, 4.69) is 16.0 Å². The molecule has 25 nitrogen and oxygen atoms in total. The van der Waals surface area contributed by atoms with Gasteiger partial charge in [-0.15, -0.1) is 0 Å². The van der Waals surface area contributed by atoms with Crippen LogP contribution in [-0.2, 0) is 74.9 Å². The fraction of sp³-hybridized carbons (Fsp3) is 0.753. The number of benzene rings is 1. The Bertz CT molecular complexity index is 3210. The van der Waals surface area contributed by atoms with Crippen LogP contribution in [0, 0.1) is 29.5 Å². The van der Waals surface area contributed by atoms with Crippen molar-refractivity contribution >= 4 is 70.9 Å². The van der Waals surface area contributed by atoms with Crippen molar-refractivity contribution in [2.24, 2.45) is 23.7 Å². The molecule has 1 aromatic carbocycles. The number of nitrogens with one attached hydrogen (secondary N) is 3. The summed E-state index contributed by atoms with van der Waals surface area (Å²) >= 11 is 0. The minimum absolute atomic E-state index is 0.00721. The van der Waals surface area contributed by atoms with Gasteiger partial charge in [-0.05, 0) is 113 Å². The Morgan fingerprint density at radius 1 is 0.696 bits per heavy atom. The molecule has 12 amide bonds. The molecule has 3 saturated heterocycles. The fourth-order valence-electron chi connectivity index (χ4n) is 15.9. The lowest BCUT2D eigenvalue weighted by atomic mass is 9.84. The van der Waals surface area contributed by atoms with Crippen molar-refractivity contribution < 1.29 is 79.8 Å². The van der Waals surface area contributed by atoms with Crippen LogP contribution in [0.1, 0.15) is 181 Å². The topological polar surface area (TPSA) is 279 Å². The van der Waals surface area contributed by atoms with Gasteiger partial charge in [0.2, 0.25) is 70.9 Å². The summed E-state index contributed by atoms with van der Waals surface area (Å²) in [5.74, 6) is -10.9. The highest BCUT2D eigenvalue weighted by Gasteiger charge is 2.53. The van der Waals surface area contributed by atoms with Gasteiger partial charge in [0.25, 0.3) is 0 Å². The summed E-state index contributed by atoms with van der Waals surface area (Å²) < 4.78 is 62.6. The van der Waals surface area contributed by atoms with Crippen LogP contribution in [-0.4, -0.2) is 264 Å². The number of nitrogens with zero attached hydrogens (tertiary/aromatic N) is 9. The van der Waals surface area contributed by atoms with Crippen LogP contribution >= 0.6 is 0 Å². The number of amides is 12. The molecule has 0 bridgehead atoms. The standard InChI is InChI=1S/C73H112F4N12O13/c1-15-44(5)60-69(99)83(10)45(6)64(94)88-35-32-53(88)68(98)85(12)56(38-46-24-18-17-19-25-46)67(97)82(9)42-58(90)78-52(31-29-47-28-30-50(51(74)37-47)73(75,76)77)65(95)89-41-49(102-16-2)39-55(89)63(93)80-72(33-22-23-34-72)71(101)87(14)61(48-26-20-21-27-48)70(100)86(13)57(66(96)81(7)8)40-59(91)84(11)54(36-43(3)4)62(92)79-60/h28,30,37,43-46,48-49,52-57,60-61H,15-27,29,31-36,38-42H2,1-14H3,(H,78,90)(H,79,92)(H,80,93)/t44-,45-,49+,52-,53-,54-,55-,56-,57-,60-,61-/m0/s1. The molecule has 102 heavy (non-hydrogen) atoms. The third-order valence-electron chi connectivity index (χ3n) is 22.6. The number of fused-ring (bicyclic) bond motifs is 2. The highest BCUT2D eigenvalue weighted by Crippen LogP contribution is 2.39. The van der Waals surface area contributed by atoms with Crippen molar-refractivity contribution in [2.45, 2.75) is 249 Å². The summed E-state index contributed by atoms with van der Waals surface area (Å²) in [7, 11) is 11.4. The first-order chi connectivity index (χ1) is 48.0. The van der Waals surface area contributed by atoms with Gasteiger partial charge in [0.1, 0.15) is 65.7 Å². The fourth-order valence-corrected chi connectivity index (χ4v) is 15.9. The molecule has 1 aromatic rings. The quantitative estimate of drug-likeness (QED) is 0.216. The van der Waals surface area contributed by atoms with E-state index >= 15 is 28.4 Å². The van der Waals surface area contributed by atoms with E-state index in [9.17, 15) is 46.7 Å². The van der Waals surface area contributed by atoms with E-state index in [1.165, 1.54) is 103 Å². The number of hydrogen-bond donors (Lipinski definition) is 3. The van der Waals surface area contributed by atoms with Gasteiger partial charge >= 0.3 is 6.18 Å². The number of rotatable bonds is 13. The van der Waals surface area contributed by atoms with Crippen LogP contribution < -0.4 is 16.0 Å². The lowest BCUT2D eigenvalue weighted by Crippen LogP contribution is -2.65. The van der Waals surface area contributed by atoms with Gasteiger partial charge in [0.05, 0.1) is 24.6 Å². The number of halogens is 4. The lowest BCUT2D eigenvalue weighted by molar-refractivity contribution is -0.160. The number of ether oxygens (including phenoxy) is 1. The highest BCUT2D eigenvalue weighted by molar-refractivity contribution is 6.01. The molecule has 3 N–H and O–H groups in total. The molecular formula is C73H112F4N12O13. The molecule has 0 aromatic heterocycles. The molecular weight excluding hydrogens is 1330 g/mol. The van der Waals surface area contributed by atoms with Crippen LogP contribution in [0.25, 0.3) is 0 Å². The van der Waals surface area contributed by atoms with Crippen molar-refractivity contribution in [3.8, 4) is 0 Å². The van der Waals surface area contributed by atoms with Gasteiger partial charge < -0.3 is 64.8 Å². The van der Waals surface area contributed by atoms with Gasteiger partial charge in [-0.25, -0.2) is 4.39 Å². The molecule has 1 spiro atoms. The molecule has 3 saturated carbocycles. The maximum Gasteiger partial charge on any atom is 0.419 e. The van der Waals surface area contributed by atoms with Crippen molar-refractivity contribution in [1.29, 1.82) is 0 Å². The van der Waals surface area contributed by atoms with Crippen LogP contribution in [0.3, 0.4) is 0 Å². The van der Waals surface area contributed by atoms with E-state index in [1.807, 2.05) is 20.8 Å². The maximum atomic E-state index is 15.7. The summed E-state index contributed by atoms with van der Waals surface area (Å²) in [4.78, 5) is 192. The first-order valence-electron chi connectivity index (χ1n) is 36.8. The molecule has 0 unspecified atom stereocenters. The summed E-state index contributed by atoms with van der Waals surface area (Å²) in [6.07, 6.45) is 1.70. The summed E-state index contributed by atoms with van der Waals surface area (Å²) in [5, 5.41) is 8.67. The van der Waals surface area contributed by atoms with Crippen LogP contribution in [0.2, 0.25) is 0 Å². The average Bonchev–Trinajstić information content (AvgIpc) is 1.31. The second kappa shape index (κ2) is 35.3. The molecule has 7 rings (SSSR count). The van der Waals surface area contributed by atoms with Crippen molar-refractivity contribution in [1.82, 2.24) is 60.0 Å². The zero-order valence-corrected chi connectivity index (χ0v) is 62.3. The first kappa shape index (κ1) is 81.8. The van der Waals surface area contributed by atoms with Crippen LogP contribution in [0.4, 0.5) is 17.6 Å². The number of likely N-dealkylation sites (N-methyl/N-ethyl adjacent to an activating group) is 7. The Balaban J connectivity index is 1.31. The van der Waals surface area contributed by atoms with Gasteiger partial charge in [-0.3, -0.25) is 57.5 Å². The van der Waals surface area contributed by atoms with E-state index in [0.717, 1.165) is 43.1 Å². The summed E-state index contributed by atoms with van der Waals surface area (Å²) in [6.45, 7) is 9.92. The van der Waals surface area contributed by atoms with E-state index in [-0.39, 0.29) is 88.5 Å². The molecule has 3 aliphatic heterocycles. The first-order valence-corrected chi connectivity index (χ1v) is 36.8. The molecule has 29 heteroatoms. The van der Waals surface area contributed by atoms with Crippen molar-refractivity contribution in [2.75, 3.05) is 82.6 Å². The Hall–Kier alpha value is -7.46. The molecule has 6 fully saturated rings. The van der Waals surface area contributed by atoms with Crippen LogP contribution in [0.15, 0.2) is 18.2 Å². The molecule has 3 heterocycles. The normalized spacial score (nSPS) is 28.2. The van der Waals surface area contributed by atoms with E-state index in [1.54, 1.807) is 13.8 Å². The van der Waals surface area contributed by atoms with E-state index in [4.69, 9.17) is 4.74 Å². The summed E-state index contributed by atoms with van der Waals surface area (Å²) in [5.41, 5.74) is -3.12. The highest BCUT2D eigenvalue weighted by atomic mass is 19.4. The minimum Gasteiger partial charge on any atom is -0.377 e. The molecule has 0 radical (unpaired) electrons. The molecule has 11 atom stereocenters. The molecule has 570 valence electrons. The third kappa shape index (κ3) is 19.1. The largest absolute Gasteiger partial charge is 0.419 e. The molecule has 6 aliphatic rings. The van der Waals surface area contributed by atoms with Gasteiger partial charge in [0.15, 0.2) is 0 Å². The predicted molar refractivity (Wildman–Crippen MR) is 370 cm³/mol. The Labute approximate surface area is 598 Å². The lowest BCUT2D eigenvalue weighted by Gasteiger charge is -2.45. The second-order valence-electron chi connectivity index (χ2n) is 30.3. The Morgan fingerprint density at radius 3 is 1.90 bits per heavy atom. The number of alkyl halides is 3.